The SMILES string of the molecule is CCCC(CC)NCCCC(C)C. The molecule has 80 valence electrons. The van der Waals surface area contributed by atoms with Gasteiger partial charge in [0.1, 0.15) is 0 Å². The molecule has 0 amide bonds. The molecule has 0 saturated carbocycles. The van der Waals surface area contributed by atoms with E-state index in [2.05, 4.69) is 33.0 Å². The van der Waals surface area contributed by atoms with Gasteiger partial charge in [0, 0.05) is 6.04 Å². The fourth-order valence-corrected chi connectivity index (χ4v) is 1.62. The number of nitrogens with one attached hydrogen (secondary N) is 1. The Bertz CT molecular complexity index is 99.3. The lowest BCUT2D eigenvalue weighted by atomic mass is 10.1. The van der Waals surface area contributed by atoms with Crippen molar-refractivity contribution in [3.05, 3.63) is 0 Å². The van der Waals surface area contributed by atoms with Crippen LogP contribution < -0.4 is 5.32 Å². The van der Waals surface area contributed by atoms with Gasteiger partial charge in [-0.15, -0.1) is 0 Å². The summed E-state index contributed by atoms with van der Waals surface area (Å²) >= 11 is 0. The van der Waals surface area contributed by atoms with E-state index in [9.17, 15) is 0 Å². The Kier molecular flexibility index (Phi) is 8.53. The van der Waals surface area contributed by atoms with Crippen molar-refractivity contribution in [2.45, 2.75) is 65.8 Å². The molecule has 1 unspecified atom stereocenters. The molecule has 0 aliphatic carbocycles. The smallest absolute Gasteiger partial charge is 0.00643 e. The predicted octanol–water partition coefficient (Wildman–Crippen LogP) is 3.59. The van der Waals surface area contributed by atoms with Crippen molar-refractivity contribution in [1.29, 1.82) is 0 Å². The maximum absolute atomic E-state index is 3.63. The summed E-state index contributed by atoms with van der Waals surface area (Å²) in [6.07, 6.45) is 6.59. The molecule has 0 radical (unpaired) electrons. The zero-order chi connectivity index (χ0) is 10.1. The zero-order valence-corrected chi connectivity index (χ0v) is 9.90. The highest BCUT2D eigenvalue weighted by atomic mass is 14.9. The molecule has 0 fully saturated rings. The Morgan fingerprint density at radius 2 is 1.77 bits per heavy atom. The highest BCUT2D eigenvalue weighted by Crippen LogP contribution is 2.04. The van der Waals surface area contributed by atoms with Crippen LogP contribution in [0.4, 0.5) is 0 Å². The van der Waals surface area contributed by atoms with Crippen LogP contribution in [0, 0.1) is 5.92 Å². The third-order valence-corrected chi connectivity index (χ3v) is 2.52. The normalized spacial score (nSPS) is 13.6. The van der Waals surface area contributed by atoms with E-state index in [0.29, 0.717) is 0 Å². The Labute approximate surface area is 84.3 Å². The number of rotatable bonds is 8. The molecule has 0 bridgehead atoms. The van der Waals surface area contributed by atoms with Crippen LogP contribution in [0.15, 0.2) is 0 Å². The molecule has 0 aliphatic rings. The van der Waals surface area contributed by atoms with Crippen molar-refractivity contribution in [2.24, 2.45) is 5.92 Å². The van der Waals surface area contributed by atoms with E-state index >= 15 is 0 Å². The molecule has 0 saturated heterocycles. The van der Waals surface area contributed by atoms with Crippen LogP contribution in [0.5, 0.6) is 0 Å². The molecule has 0 aliphatic heterocycles. The lowest BCUT2D eigenvalue weighted by Crippen LogP contribution is -2.29. The van der Waals surface area contributed by atoms with Crippen LogP contribution in [0.25, 0.3) is 0 Å². The lowest BCUT2D eigenvalue weighted by Gasteiger charge is -2.16. The monoisotopic (exact) mass is 185 g/mol. The molecule has 1 atom stereocenters. The lowest BCUT2D eigenvalue weighted by molar-refractivity contribution is 0.440. The Morgan fingerprint density at radius 1 is 1.08 bits per heavy atom. The molecule has 0 aromatic rings. The standard InChI is InChI=1S/C12H27N/c1-5-8-12(6-2)13-10-7-9-11(3)4/h11-13H,5-10H2,1-4H3. The largest absolute Gasteiger partial charge is 0.314 e. The van der Waals surface area contributed by atoms with E-state index in [1.165, 1.54) is 38.6 Å². The van der Waals surface area contributed by atoms with Gasteiger partial charge in [-0.2, -0.15) is 0 Å². The second-order valence-electron chi connectivity index (χ2n) is 4.38. The minimum Gasteiger partial charge on any atom is -0.314 e. The second-order valence-corrected chi connectivity index (χ2v) is 4.38. The minimum atomic E-state index is 0.761. The van der Waals surface area contributed by atoms with Gasteiger partial charge in [-0.25, -0.2) is 0 Å². The first-order valence-electron chi connectivity index (χ1n) is 5.94. The van der Waals surface area contributed by atoms with Gasteiger partial charge in [0.05, 0.1) is 0 Å². The van der Waals surface area contributed by atoms with Gasteiger partial charge in [0.15, 0.2) is 0 Å². The van der Waals surface area contributed by atoms with Gasteiger partial charge < -0.3 is 5.32 Å². The summed E-state index contributed by atoms with van der Waals surface area (Å²) in [5, 5.41) is 3.63. The Morgan fingerprint density at radius 3 is 2.23 bits per heavy atom. The van der Waals surface area contributed by atoms with Crippen LogP contribution in [0.1, 0.15) is 59.8 Å². The van der Waals surface area contributed by atoms with E-state index in [1.54, 1.807) is 0 Å². The minimum absolute atomic E-state index is 0.761. The summed E-state index contributed by atoms with van der Waals surface area (Å²) in [6, 6.07) is 0.761. The third-order valence-electron chi connectivity index (χ3n) is 2.52. The quantitative estimate of drug-likeness (QED) is 0.570. The second kappa shape index (κ2) is 8.55. The van der Waals surface area contributed by atoms with Gasteiger partial charge in [-0.3, -0.25) is 0 Å². The van der Waals surface area contributed by atoms with E-state index in [4.69, 9.17) is 0 Å². The van der Waals surface area contributed by atoms with Crippen molar-refractivity contribution < 1.29 is 0 Å². The molecule has 1 N–H and O–H groups in total. The summed E-state index contributed by atoms with van der Waals surface area (Å²) in [5.41, 5.74) is 0. The predicted molar refractivity (Wildman–Crippen MR) is 61.1 cm³/mol. The van der Waals surface area contributed by atoms with E-state index in [0.717, 1.165) is 12.0 Å². The maximum atomic E-state index is 3.63. The molecule has 1 heteroatoms. The fraction of sp³-hybridized carbons (Fsp3) is 1.00. The fourth-order valence-electron chi connectivity index (χ4n) is 1.62. The van der Waals surface area contributed by atoms with Gasteiger partial charge >= 0.3 is 0 Å². The van der Waals surface area contributed by atoms with Gasteiger partial charge in [0.25, 0.3) is 0 Å². The molecular formula is C12H27N. The van der Waals surface area contributed by atoms with Gasteiger partial charge in [-0.1, -0.05) is 34.1 Å². The molecule has 0 aromatic carbocycles. The van der Waals surface area contributed by atoms with Crippen LogP contribution in [0.3, 0.4) is 0 Å². The van der Waals surface area contributed by atoms with Crippen LogP contribution in [0.2, 0.25) is 0 Å². The Hall–Kier alpha value is -0.0400. The van der Waals surface area contributed by atoms with Gasteiger partial charge in [0.2, 0.25) is 0 Å². The van der Waals surface area contributed by atoms with Crippen molar-refractivity contribution in [3.63, 3.8) is 0 Å². The van der Waals surface area contributed by atoms with E-state index in [1.807, 2.05) is 0 Å². The van der Waals surface area contributed by atoms with Crippen molar-refractivity contribution >= 4 is 0 Å². The van der Waals surface area contributed by atoms with Crippen LogP contribution in [-0.4, -0.2) is 12.6 Å². The third kappa shape index (κ3) is 8.29. The molecule has 0 aromatic heterocycles. The molecule has 13 heavy (non-hydrogen) atoms. The van der Waals surface area contributed by atoms with Crippen LogP contribution in [-0.2, 0) is 0 Å². The zero-order valence-electron chi connectivity index (χ0n) is 9.90. The van der Waals surface area contributed by atoms with E-state index < -0.39 is 0 Å². The summed E-state index contributed by atoms with van der Waals surface area (Å²) in [6.45, 7) is 10.3. The summed E-state index contributed by atoms with van der Waals surface area (Å²) in [4.78, 5) is 0. The van der Waals surface area contributed by atoms with Crippen molar-refractivity contribution in [2.75, 3.05) is 6.54 Å². The van der Waals surface area contributed by atoms with Crippen molar-refractivity contribution in [3.8, 4) is 0 Å². The highest BCUT2D eigenvalue weighted by molar-refractivity contribution is 4.63. The first kappa shape index (κ1) is 13.0. The maximum Gasteiger partial charge on any atom is 0.00643 e. The van der Waals surface area contributed by atoms with E-state index in [-0.39, 0.29) is 0 Å². The molecule has 0 rings (SSSR count). The average Bonchev–Trinajstić information content (AvgIpc) is 2.10. The average molecular weight is 185 g/mol. The summed E-state index contributed by atoms with van der Waals surface area (Å²) in [7, 11) is 0. The molecule has 0 spiro atoms. The first-order chi connectivity index (χ1) is 6.20. The number of hydrogen-bond acceptors (Lipinski definition) is 1. The topological polar surface area (TPSA) is 12.0 Å². The molecule has 1 nitrogen and oxygen atoms in total. The summed E-state index contributed by atoms with van der Waals surface area (Å²) in [5.74, 6) is 0.855. The first-order valence-corrected chi connectivity index (χ1v) is 5.94. The number of hydrogen-bond donors (Lipinski definition) is 1. The van der Waals surface area contributed by atoms with Crippen LogP contribution >= 0.6 is 0 Å². The molecule has 0 heterocycles. The van der Waals surface area contributed by atoms with Crippen molar-refractivity contribution in [1.82, 2.24) is 5.32 Å². The highest BCUT2D eigenvalue weighted by Gasteiger charge is 2.02. The molecular weight excluding hydrogens is 158 g/mol. The van der Waals surface area contributed by atoms with Gasteiger partial charge in [-0.05, 0) is 38.1 Å². The summed E-state index contributed by atoms with van der Waals surface area (Å²) < 4.78 is 0. The Balaban J connectivity index is 3.27.